The molecule has 3 heterocycles. The quantitative estimate of drug-likeness (QED) is 0.0614. The molecule has 1 aliphatic rings. The minimum Gasteiger partial charge on any atom is -0.493 e. The van der Waals surface area contributed by atoms with Crippen LogP contribution >= 0.6 is 11.3 Å². The van der Waals surface area contributed by atoms with Crippen molar-refractivity contribution < 1.29 is 43.2 Å². The zero-order valence-corrected chi connectivity index (χ0v) is 39.7. The first-order valence-electron chi connectivity index (χ1n) is 22.4. The summed E-state index contributed by atoms with van der Waals surface area (Å²) >= 11 is 1.57. The van der Waals surface area contributed by atoms with Gasteiger partial charge in [0.05, 0.1) is 79.6 Å². The Morgan fingerprint density at radius 3 is 2.17 bits per heavy atom. The van der Waals surface area contributed by atoms with Crippen molar-refractivity contribution >= 4 is 45.6 Å². The number of benzene rings is 3. The van der Waals surface area contributed by atoms with Crippen molar-refractivity contribution in [2.75, 3.05) is 85.0 Å². The van der Waals surface area contributed by atoms with Crippen LogP contribution in [0.3, 0.4) is 0 Å². The molecule has 1 aliphatic heterocycles. The van der Waals surface area contributed by atoms with Gasteiger partial charge in [-0.2, -0.15) is 0 Å². The molecule has 354 valence electrons. The van der Waals surface area contributed by atoms with Gasteiger partial charge in [0, 0.05) is 63.3 Å². The molecule has 5 aromatic rings. The largest absolute Gasteiger partial charge is 0.493 e. The number of rotatable bonds is 24. The number of pyridine rings is 1. The first-order valence-corrected chi connectivity index (χ1v) is 23.3. The molecule has 0 aliphatic carbocycles. The van der Waals surface area contributed by atoms with Gasteiger partial charge >= 0.3 is 0 Å². The van der Waals surface area contributed by atoms with Crippen LogP contribution in [-0.4, -0.2) is 136 Å². The van der Waals surface area contributed by atoms with E-state index in [0.29, 0.717) is 39.6 Å². The van der Waals surface area contributed by atoms with Gasteiger partial charge in [0.1, 0.15) is 24.4 Å². The molecule has 0 spiro atoms. The molecule has 3 amide bonds. The monoisotopic (exact) mass is 924 g/mol. The average Bonchev–Trinajstić information content (AvgIpc) is 3.93. The zero-order chi connectivity index (χ0) is 47.1. The molecule has 1 fully saturated rings. The highest BCUT2D eigenvalue weighted by Crippen LogP contribution is 2.29. The SMILES string of the molecule is Cc1ncsc1-c1ccc(CNC(=O)[C@@H]2C[C@@H](O)CN2C(=O)[C@@H](NC(=O)COCCOCCOCCOCCCOc2ccc3nc(-c4ccc(N(C)C)cc4)ccc3c2)C(C)(C)C)cc1. The van der Waals surface area contributed by atoms with Crippen LogP contribution in [0.5, 0.6) is 5.75 Å². The molecule has 16 heteroatoms. The van der Waals surface area contributed by atoms with Gasteiger partial charge < -0.3 is 49.2 Å². The Hall–Kier alpha value is -5.49. The fourth-order valence-electron chi connectivity index (χ4n) is 7.44. The van der Waals surface area contributed by atoms with Crippen molar-refractivity contribution in [3.63, 3.8) is 0 Å². The third-order valence-electron chi connectivity index (χ3n) is 11.1. The number of carbonyl (C=O) groups excluding carboxylic acids is 3. The Bertz CT molecular complexity index is 2330. The number of hydrogen-bond donors (Lipinski definition) is 3. The van der Waals surface area contributed by atoms with Gasteiger partial charge in [0.15, 0.2) is 0 Å². The van der Waals surface area contributed by atoms with Gasteiger partial charge in [-0.25, -0.2) is 9.97 Å². The summed E-state index contributed by atoms with van der Waals surface area (Å²) in [6, 6.07) is 24.4. The van der Waals surface area contributed by atoms with Crippen molar-refractivity contribution in [1.82, 2.24) is 25.5 Å². The Morgan fingerprint density at radius 1 is 0.848 bits per heavy atom. The number of aliphatic hydroxyl groups excluding tert-OH is 1. The normalized spacial score (nSPS) is 15.5. The Kier molecular flexibility index (Phi) is 18.4. The van der Waals surface area contributed by atoms with Gasteiger partial charge in [0.2, 0.25) is 17.7 Å². The lowest BCUT2D eigenvalue weighted by Crippen LogP contribution is -2.58. The number of hydrogen-bond acceptors (Lipinski definition) is 13. The van der Waals surface area contributed by atoms with Crippen molar-refractivity contribution in [1.29, 1.82) is 0 Å². The van der Waals surface area contributed by atoms with Crippen LogP contribution in [-0.2, 0) is 39.9 Å². The molecule has 3 atom stereocenters. The Balaban J connectivity index is 0.793. The van der Waals surface area contributed by atoms with Crippen molar-refractivity contribution in [2.24, 2.45) is 5.41 Å². The van der Waals surface area contributed by atoms with E-state index in [1.807, 2.05) is 95.8 Å². The molecule has 0 unspecified atom stereocenters. The second kappa shape index (κ2) is 24.3. The van der Waals surface area contributed by atoms with E-state index in [1.54, 1.807) is 11.3 Å². The predicted octanol–water partition coefficient (Wildman–Crippen LogP) is 6.04. The summed E-state index contributed by atoms with van der Waals surface area (Å²) in [7, 11) is 4.05. The molecule has 2 aromatic heterocycles. The number of nitrogens with zero attached hydrogens (tertiary/aromatic N) is 4. The molecule has 15 nitrogen and oxygen atoms in total. The van der Waals surface area contributed by atoms with Crippen molar-refractivity contribution in [3.05, 3.63) is 95.6 Å². The predicted molar refractivity (Wildman–Crippen MR) is 257 cm³/mol. The second-order valence-corrected chi connectivity index (χ2v) is 18.4. The number of fused-ring (bicyclic) bond motifs is 1. The number of thiazole rings is 1. The van der Waals surface area contributed by atoms with Crippen LogP contribution in [0.2, 0.25) is 0 Å². The summed E-state index contributed by atoms with van der Waals surface area (Å²) in [5.41, 5.74) is 8.11. The van der Waals surface area contributed by atoms with Crippen LogP contribution in [0.1, 0.15) is 44.9 Å². The first-order chi connectivity index (χ1) is 31.8. The van der Waals surface area contributed by atoms with Gasteiger partial charge in [-0.1, -0.05) is 63.2 Å². The summed E-state index contributed by atoms with van der Waals surface area (Å²) in [5, 5.41) is 17.3. The van der Waals surface area contributed by atoms with Crippen molar-refractivity contribution in [3.8, 4) is 27.4 Å². The highest BCUT2D eigenvalue weighted by atomic mass is 32.1. The fourth-order valence-corrected chi connectivity index (χ4v) is 8.25. The van der Waals surface area contributed by atoms with Gasteiger partial charge in [0.25, 0.3) is 0 Å². The average molecular weight is 925 g/mol. The number of anilines is 1. The number of aliphatic hydroxyl groups is 1. The van der Waals surface area contributed by atoms with E-state index in [-0.39, 0.29) is 45.2 Å². The molecule has 1 saturated heterocycles. The van der Waals surface area contributed by atoms with E-state index in [2.05, 4.69) is 50.8 Å². The summed E-state index contributed by atoms with van der Waals surface area (Å²) in [4.78, 5) is 53.9. The molecule has 6 rings (SSSR count). The molecule has 0 saturated carbocycles. The third kappa shape index (κ3) is 14.5. The van der Waals surface area contributed by atoms with Crippen LogP contribution < -0.4 is 20.3 Å². The number of aryl methyl sites for hydroxylation is 1. The van der Waals surface area contributed by atoms with E-state index in [4.69, 9.17) is 28.7 Å². The summed E-state index contributed by atoms with van der Waals surface area (Å²) in [5.74, 6) is -0.485. The number of likely N-dealkylation sites (tertiary alicyclic amines) is 1. The van der Waals surface area contributed by atoms with Crippen LogP contribution in [0.25, 0.3) is 32.6 Å². The maximum atomic E-state index is 13.9. The minimum absolute atomic E-state index is 0.00948. The number of nitrogens with one attached hydrogen (secondary N) is 2. The highest BCUT2D eigenvalue weighted by Gasteiger charge is 2.44. The van der Waals surface area contributed by atoms with E-state index >= 15 is 0 Å². The minimum atomic E-state index is -0.955. The van der Waals surface area contributed by atoms with Crippen LogP contribution in [0, 0.1) is 12.3 Å². The topological polar surface area (TPSA) is 174 Å². The summed E-state index contributed by atoms with van der Waals surface area (Å²) < 4.78 is 28.3. The lowest BCUT2D eigenvalue weighted by Gasteiger charge is -2.35. The number of carbonyl (C=O) groups is 3. The van der Waals surface area contributed by atoms with Crippen LogP contribution in [0.4, 0.5) is 5.69 Å². The van der Waals surface area contributed by atoms with Gasteiger partial charge in [-0.05, 0) is 59.9 Å². The second-order valence-electron chi connectivity index (χ2n) is 17.5. The maximum absolute atomic E-state index is 13.9. The smallest absolute Gasteiger partial charge is 0.246 e. The van der Waals surface area contributed by atoms with Crippen LogP contribution in [0.15, 0.2) is 84.4 Å². The molecule has 66 heavy (non-hydrogen) atoms. The van der Waals surface area contributed by atoms with Gasteiger partial charge in [-0.15, -0.1) is 11.3 Å². The highest BCUT2D eigenvalue weighted by molar-refractivity contribution is 7.13. The van der Waals surface area contributed by atoms with E-state index in [1.165, 1.54) is 4.90 Å². The molecule has 3 aromatic carbocycles. The molecule has 0 radical (unpaired) electrons. The molecule has 3 N–H and O–H groups in total. The molecular weight excluding hydrogens is 861 g/mol. The molecular formula is C50H64N6O9S. The molecule has 0 bridgehead atoms. The third-order valence-corrected chi connectivity index (χ3v) is 12.1. The lowest BCUT2D eigenvalue weighted by atomic mass is 9.85. The summed E-state index contributed by atoms with van der Waals surface area (Å²) in [6.07, 6.45) is -0.0241. The number of β-amino-alcohol motifs (C(OH)–C–C–N with tert-alkyl or cyclic N) is 1. The van der Waals surface area contributed by atoms with Crippen molar-refractivity contribution in [2.45, 2.75) is 65.3 Å². The number of aromatic nitrogens is 2. The maximum Gasteiger partial charge on any atom is 0.246 e. The standard InChI is InChI=1S/C50H64N6O9S/c1-34-46(66-33-52-34)37-10-8-35(9-11-37)30-51-48(59)44-29-40(57)31-56(44)49(60)47(50(2,3)4)54-45(58)32-64-27-26-63-25-24-62-23-22-61-20-7-21-65-41-17-19-43-38(28-41)14-18-42(53-43)36-12-15-39(16-13-36)55(5)6/h8-19,28,33,40,44,47,57H,7,20-27,29-32H2,1-6H3,(H,51,59)(H,54,58)/t40-,44+,47-/m1/s1. The number of amides is 3. The Morgan fingerprint density at radius 2 is 1.52 bits per heavy atom. The van der Waals surface area contributed by atoms with Gasteiger partial charge in [-0.3, -0.25) is 14.4 Å². The first kappa shape index (κ1) is 49.9. The lowest BCUT2D eigenvalue weighted by molar-refractivity contribution is -0.144. The van der Waals surface area contributed by atoms with E-state index < -0.39 is 35.4 Å². The number of ether oxygens (including phenoxy) is 5. The Labute approximate surface area is 391 Å². The fraction of sp³-hybridized carbons (Fsp3) is 0.460. The van der Waals surface area contributed by atoms with E-state index in [0.717, 1.165) is 61.7 Å². The summed E-state index contributed by atoms with van der Waals surface area (Å²) in [6.45, 7) is 10.6. The van der Waals surface area contributed by atoms with E-state index in [9.17, 15) is 19.5 Å². The zero-order valence-electron chi connectivity index (χ0n) is 38.9.